The second-order valence-corrected chi connectivity index (χ2v) is 2.93. The maximum absolute atomic E-state index is 10.3. The lowest BCUT2D eigenvalue weighted by molar-refractivity contribution is -0.120. The highest BCUT2D eigenvalue weighted by Gasteiger charge is 1.90. The van der Waals surface area contributed by atoms with E-state index in [4.69, 9.17) is 4.74 Å². The van der Waals surface area contributed by atoms with Crippen molar-refractivity contribution in [1.82, 2.24) is 0 Å². The van der Waals surface area contributed by atoms with E-state index in [0.717, 1.165) is 6.42 Å². The average Bonchev–Trinajstić information content (AvgIpc) is 2.05. The molecule has 0 aliphatic heterocycles. The average molecular weight is 204 g/mol. The predicted molar refractivity (Wildman–Crippen MR) is 54.3 cm³/mol. The number of ketones is 2. The van der Waals surface area contributed by atoms with Gasteiger partial charge in [0.05, 0.1) is 0 Å². The first-order chi connectivity index (χ1) is 6.54. The fraction of sp³-hybridized carbons (Fsp3) is 0.800. The minimum Gasteiger partial charge on any atom is -0.385 e. The molecule has 0 aliphatic carbocycles. The minimum absolute atomic E-state index is 0.0671. The summed E-state index contributed by atoms with van der Waals surface area (Å²) in [6.45, 7) is 4.01. The fourth-order valence-corrected chi connectivity index (χ4v) is 0.669. The molecular formula is C10H20O4. The quantitative estimate of drug-likeness (QED) is 0.610. The van der Waals surface area contributed by atoms with Gasteiger partial charge in [-0.05, 0) is 20.3 Å². The second kappa shape index (κ2) is 12.3. The Balaban J connectivity index is 0. The summed E-state index contributed by atoms with van der Waals surface area (Å²) in [6, 6.07) is 0. The van der Waals surface area contributed by atoms with Gasteiger partial charge in [0.1, 0.15) is 12.4 Å². The molecular weight excluding hydrogens is 184 g/mol. The summed E-state index contributed by atoms with van der Waals surface area (Å²) in [5.74, 6) is 0.305. The monoisotopic (exact) mass is 204 g/mol. The van der Waals surface area contributed by atoms with Gasteiger partial charge in [0.25, 0.3) is 0 Å². The molecule has 0 aromatic rings. The third kappa shape index (κ3) is 22.5. The van der Waals surface area contributed by atoms with Crippen LogP contribution in [-0.4, -0.2) is 39.0 Å². The Kier molecular flexibility index (Phi) is 13.8. The molecule has 0 atom stereocenters. The molecule has 0 amide bonds. The number of rotatable bonds is 6. The summed E-state index contributed by atoms with van der Waals surface area (Å²) >= 11 is 0. The first-order valence-corrected chi connectivity index (χ1v) is 4.51. The van der Waals surface area contributed by atoms with E-state index >= 15 is 0 Å². The van der Waals surface area contributed by atoms with Gasteiger partial charge in [-0.25, -0.2) is 0 Å². The van der Waals surface area contributed by atoms with Crippen molar-refractivity contribution < 1.29 is 19.1 Å². The smallest absolute Gasteiger partial charge is 0.155 e. The Hall–Kier alpha value is -0.740. The van der Waals surface area contributed by atoms with Crippen LogP contribution in [0.25, 0.3) is 0 Å². The first kappa shape index (κ1) is 15.7. The van der Waals surface area contributed by atoms with Crippen LogP contribution in [0.2, 0.25) is 0 Å². The zero-order valence-corrected chi connectivity index (χ0v) is 9.46. The van der Waals surface area contributed by atoms with Crippen LogP contribution in [0.15, 0.2) is 0 Å². The highest BCUT2D eigenvalue weighted by Crippen LogP contribution is 1.88. The van der Waals surface area contributed by atoms with Crippen molar-refractivity contribution in [2.24, 2.45) is 0 Å². The Morgan fingerprint density at radius 1 is 1.00 bits per heavy atom. The van der Waals surface area contributed by atoms with Gasteiger partial charge in [-0.1, -0.05) is 0 Å². The lowest BCUT2D eigenvalue weighted by Gasteiger charge is -1.92. The Morgan fingerprint density at radius 3 is 1.79 bits per heavy atom. The maximum Gasteiger partial charge on any atom is 0.155 e. The van der Waals surface area contributed by atoms with Crippen molar-refractivity contribution in [1.29, 1.82) is 0 Å². The van der Waals surface area contributed by atoms with Crippen LogP contribution in [0, 0.1) is 0 Å². The fourth-order valence-electron chi connectivity index (χ4n) is 0.669. The molecule has 0 saturated heterocycles. The topological polar surface area (TPSA) is 52.6 Å². The van der Waals surface area contributed by atoms with Gasteiger partial charge in [0, 0.05) is 27.2 Å². The van der Waals surface area contributed by atoms with E-state index in [-0.39, 0.29) is 18.2 Å². The Bertz CT molecular complexity index is 154. The molecule has 0 spiro atoms. The third-order valence-corrected chi connectivity index (χ3v) is 1.22. The van der Waals surface area contributed by atoms with Gasteiger partial charge in [0.2, 0.25) is 0 Å². The molecule has 0 rings (SSSR count). The molecule has 0 bridgehead atoms. The van der Waals surface area contributed by atoms with Crippen molar-refractivity contribution in [3.63, 3.8) is 0 Å². The number of Topliss-reactive ketones (excluding diaryl/α,β-unsaturated/α-hetero) is 2. The molecule has 0 heterocycles. The molecule has 84 valence electrons. The summed E-state index contributed by atoms with van der Waals surface area (Å²) in [7, 11) is 3.14. The number of hydrogen-bond donors (Lipinski definition) is 0. The van der Waals surface area contributed by atoms with Crippen LogP contribution in [0.4, 0.5) is 0 Å². The number of carbonyl (C=O) groups is 2. The van der Waals surface area contributed by atoms with Gasteiger partial charge in [-0.2, -0.15) is 0 Å². The zero-order chi connectivity index (χ0) is 11.4. The van der Waals surface area contributed by atoms with Gasteiger partial charge < -0.3 is 14.3 Å². The number of ether oxygens (including phenoxy) is 2. The predicted octanol–water partition coefficient (Wildman–Crippen LogP) is 1.22. The molecule has 0 aromatic heterocycles. The summed E-state index contributed by atoms with van der Waals surface area (Å²) in [6.07, 6.45) is 1.50. The second-order valence-electron chi connectivity index (χ2n) is 2.93. The number of carbonyl (C=O) groups excluding carboxylic acids is 2. The zero-order valence-electron chi connectivity index (χ0n) is 9.46. The molecule has 0 unspecified atom stereocenters. The van der Waals surface area contributed by atoms with Gasteiger partial charge >= 0.3 is 0 Å². The van der Waals surface area contributed by atoms with Crippen molar-refractivity contribution in [2.45, 2.75) is 26.7 Å². The summed E-state index contributed by atoms with van der Waals surface area (Å²) < 4.78 is 9.19. The van der Waals surface area contributed by atoms with E-state index in [1.807, 2.05) is 0 Å². The van der Waals surface area contributed by atoms with Crippen LogP contribution in [0.1, 0.15) is 26.7 Å². The van der Waals surface area contributed by atoms with Crippen LogP contribution in [-0.2, 0) is 19.1 Å². The van der Waals surface area contributed by atoms with Crippen molar-refractivity contribution in [3.8, 4) is 0 Å². The molecule has 0 aliphatic rings. The first-order valence-electron chi connectivity index (χ1n) is 4.51. The van der Waals surface area contributed by atoms with Crippen molar-refractivity contribution >= 4 is 11.6 Å². The molecule has 0 saturated carbocycles. The number of methoxy groups -OCH3 is 2. The van der Waals surface area contributed by atoms with Crippen LogP contribution < -0.4 is 0 Å². The van der Waals surface area contributed by atoms with Crippen LogP contribution >= 0.6 is 0 Å². The largest absolute Gasteiger partial charge is 0.385 e. The Morgan fingerprint density at radius 2 is 1.57 bits per heavy atom. The molecule has 4 heteroatoms. The van der Waals surface area contributed by atoms with E-state index in [9.17, 15) is 9.59 Å². The standard InChI is InChI=1S/C6H12O2.C4H8O2/c1-6(7)4-3-5-8-2;1-4(5)3-6-2/h3-5H2,1-2H3;3H2,1-2H3. The van der Waals surface area contributed by atoms with Gasteiger partial charge in [-0.15, -0.1) is 0 Å². The molecule has 0 fully saturated rings. The lowest BCUT2D eigenvalue weighted by Crippen LogP contribution is -1.98. The molecule has 0 radical (unpaired) electrons. The highest BCUT2D eigenvalue weighted by atomic mass is 16.5. The van der Waals surface area contributed by atoms with E-state index in [2.05, 4.69) is 4.74 Å². The van der Waals surface area contributed by atoms with Crippen LogP contribution in [0.5, 0.6) is 0 Å². The SMILES string of the molecule is COCC(C)=O.COCCCC(C)=O. The number of hydrogen-bond acceptors (Lipinski definition) is 4. The normalized spacial score (nSPS) is 8.86. The van der Waals surface area contributed by atoms with Gasteiger partial charge in [0.15, 0.2) is 5.78 Å². The maximum atomic E-state index is 10.3. The van der Waals surface area contributed by atoms with E-state index in [0.29, 0.717) is 13.0 Å². The van der Waals surface area contributed by atoms with Crippen LogP contribution in [0.3, 0.4) is 0 Å². The molecule has 0 aromatic carbocycles. The summed E-state index contributed by atoms with van der Waals surface area (Å²) in [4.78, 5) is 20.2. The summed E-state index contributed by atoms with van der Waals surface area (Å²) in [5, 5.41) is 0. The molecule has 4 nitrogen and oxygen atoms in total. The van der Waals surface area contributed by atoms with E-state index < -0.39 is 0 Å². The third-order valence-electron chi connectivity index (χ3n) is 1.22. The minimum atomic E-state index is 0.0671. The lowest BCUT2D eigenvalue weighted by atomic mass is 10.2. The van der Waals surface area contributed by atoms with E-state index in [1.54, 1.807) is 14.0 Å². The van der Waals surface area contributed by atoms with Crippen molar-refractivity contribution in [3.05, 3.63) is 0 Å². The van der Waals surface area contributed by atoms with Gasteiger partial charge in [-0.3, -0.25) is 4.79 Å². The highest BCUT2D eigenvalue weighted by molar-refractivity contribution is 5.76. The molecule has 14 heavy (non-hydrogen) atoms. The van der Waals surface area contributed by atoms with E-state index in [1.165, 1.54) is 14.0 Å². The summed E-state index contributed by atoms with van der Waals surface area (Å²) in [5.41, 5.74) is 0. The Labute approximate surface area is 85.6 Å². The molecule has 0 N–H and O–H groups in total. The van der Waals surface area contributed by atoms with Crippen molar-refractivity contribution in [2.75, 3.05) is 27.4 Å².